The molecule has 0 bridgehead atoms. The molecule has 2 nitrogen and oxygen atoms in total. The summed E-state index contributed by atoms with van der Waals surface area (Å²) in [6.07, 6.45) is 0. The van der Waals surface area contributed by atoms with Crippen LogP contribution in [-0.2, 0) is 72.3 Å². The molecule has 0 saturated carbocycles. The molecule has 0 amide bonds. The molecule has 0 aromatic heterocycles. The van der Waals surface area contributed by atoms with Gasteiger partial charge < -0.3 is 11.0 Å². The van der Waals surface area contributed by atoms with E-state index in [0.29, 0.717) is 0 Å². The molecule has 33 valence electrons. The molecular formula is IrO2RuTi. The molecule has 0 heterocycles. The van der Waals surface area contributed by atoms with Gasteiger partial charge in [0.1, 0.15) is 0 Å². The fourth-order valence-corrected chi connectivity index (χ4v) is 0. The molecular weight excluding hydrogens is 373 g/mol. The van der Waals surface area contributed by atoms with Crippen molar-refractivity contribution in [3.63, 3.8) is 0 Å². The molecule has 5 heavy (non-hydrogen) atoms. The zero-order valence-corrected chi connectivity index (χ0v) is 7.70. The van der Waals surface area contributed by atoms with Crippen LogP contribution in [0.3, 0.4) is 0 Å². The Morgan fingerprint density at radius 3 is 0.800 bits per heavy atom. The van der Waals surface area contributed by atoms with Crippen molar-refractivity contribution in [2.75, 3.05) is 0 Å². The zero-order valence-electron chi connectivity index (χ0n) is 2.00. The van der Waals surface area contributed by atoms with Gasteiger partial charge in [-0.1, -0.05) is 0 Å². The van der Waals surface area contributed by atoms with Gasteiger partial charge >= 0.3 is 21.7 Å². The van der Waals surface area contributed by atoms with Crippen molar-refractivity contribution in [3.05, 3.63) is 0 Å². The van der Waals surface area contributed by atoms with E-state index in [1.54, 1.807) is 0 Å². The van der Waals surface area contributed by atoms with Crippen molar-refractivity contribution in [1.82, 2.24) is 0 Å². The van der Waals surface area contributed by atoms with Gasteiger partial charge in [0.2, 0.25) is 0 Å². The van der Waals surface area contributed by atoms with Gasteiger partial charge in [-0.05, 0) is 0 Å². The Bertz CT molecular complexity index is 9.61. The molecule has 0 aliphatic carbocycles. The van der Waals surface area contributed by atoms with Crippen LogP contribution in [0.2, 0.25) is 0 Å². The summed E-state index contributed by atoms with van der Waals surface area (Å²) in [4.78, 5) is 0. The first kappa shape index (κ1) is 66.3. The minimum Gasteiger partial charge on any atom is -2.00 e. The van der Waals surface area contributed by atoms with Crippen LogP contribution in [0.5, 0.6) is 0 Å². The molecule has 0 aromatic carbocycles. The molecule has 0 rings (SSSR count). The van der Waals surface area contributed by atoms with Gasteiger partial charge in [-0.25, -0.2) is 0 Å². The minimum atomic E-state index is 0. The smallest absolute Gasteiger partial charge is 2.00 e. The van der Waals surface area contributed by atoms with E-state index < -0.39 is 0 Å². The standard InChI is InChI=1S/Ir.2O.Ru.Ti/q;2*-2;;+4. The van der Waals surface area contributed by atoms with Crippen LogP contribution < -0.4 is 0 Å². The summed E-state index contributed by atoms with van der Waals surface area (Å²) < 4.78 is 0. The second-order valence-corrected chi connectivity index (χ2v) is 0. The summed E-state index contributed by atoms with van der Waals surface area (Å²) in [5.74, 6) is 0. The maximum atomic E-state index is 0. The van der Waals surface area contributed by atoms with Crippen LogP contribution in [-0.4, -0.2) is 0 Å². The van der Waals surface area contributed by atoms with Gasteiger partial charge in [0.25, 0.3) is 0 Å². The molecule has 0 aromatic rings. The van der Waals surface area contributed by atoms with Crippen LogP contribution in [0.15, 0.2) is 0 Å². The molecule has 0 saturated heterocycles. The van der Waals surface area contributed by atoms with E-state index in [1.165, 1.54) is 0 Å². The Hall–Kier alpha value is 1.91. The van der Waals surface area contributed by atoms with Crippen molar-refractivity contribution in [3.8, 4) is 0 Å². The van der Waals surface area contributed by atoms with E-state index in [1.807, 2.05) is 0 Å². The summed E-state index contributed by atoms with van der Waals surface area (Å²) in [5, 5.41) is 0. The summed E-state index contributed by atoms with van der Waals surface area (Å²) in [6, 6.07) is 0. The van der Waals surface area contributed by atoms with Crippen molar-refractivity contribution in [1.29, 1.82) is 0 Å². The summed E-state index contributed by atoms with van der Waals surface area (Å²) in [7, 11) is 0. The molecule has 5 heteroatoms. The average Bonchev–Trinajstić information content (AvgIpc) is 0. The summed E-state index contributed by atoms with van der Waals surface area (Å²) >= 11 is 0. The summed E-state index contributed by atoms with van der Waals surface area (Å²) in [5.41, 5.74) is 0. The fraction of sp³-hybridized carbons (Fsp3) is 0. The molecule has 0 atom stereocenters. The molecule has 0 fully saturated rings. The maximum absolute atomic E-state index is 0. The first-order chi connectivity index (χ1) is 0. The molecule has 0 aliphatic heterocycles. The first-order valence-electron chi connectivity index (χ1n) is 0. The average molecular weight is 373 g/mol. The monoisotopic (exact) mass is 375 g/mol. The fourth-order valence-electron chi connectivity index (χ4n) is 0. The zero-order chi connectivity index (χ0) is 0. The van der Waals surface area contributed by atoms with E-state index in [2.05, 4.69) is 0 Å². The Morgan fingerprint density at radius 2 is 0.800 bits per heavy atom. The number of rotatable bonds is 0. The third-order valence-corrected chi connectivity index (χ3v) is 0. The second-order valence-electron chi connectivity index (χ2n) is 0. The van der Waals surface area contributed by atoms with Gasteiger partial charge in [-0.2, -0.15) is 0 Å². The predicted octanol–water partition coefficient (Wildman–Crippen LogP) is -0.245. The van der Waals surface area contributed by atoms with E-state index in [9.17, 15) is 0 Å². The Kier molecular flexibility index (Phi) is 518. The van der Waals surface area contributed by atoms with Crippen molar-refractivity contribution in [2.45, 2.75) is 0 Å². The number of hydrogen-bond donors (Lipinski definition) is 0. The van der Waals surface area contributed by atoms with Gasteiger partial charge in [-0.3, -0.25) is 0 Å². The van der Waals surface area contributed by atoms with Gasteiger partial charge in [0.05, 0.1) is 0 Å². The maximum Gasteiger partial charge on any atom is 4.00 e. The minimum absolute atomic E-state index is 0. The quantitative estimate of drug-likeness (QED) is 0.527. The SMILES string of the molecule is [Ir].[O-2].[O-2].[Ru].[Ti+4]. The van der Waals surface area contributed by atoms with Gasteiger partial charge in [0, 0.05) is 39.6 Å². The largest absolute Gasteiger partial charge is 4.00 e. The molecule has 0 aliphatic rings. The van der Waals surface area contributed by atoms with E-state index in [0.717, 1.165) is 0 Å². The van der Waals surface area contributed by atoms with Crippen LogP contribution in [0, 0.1) is 0 Å². The first-order valence-corrected chi connectivity index (χ1v) is 0. The van der Waals surface area contributed by atoms with Crippen LogP contribution in [0.1, 0.15) is 0 Å². The van der Waals surface area contributed by atoms with Crippen molar-refractivity contribution < 1.29 is 72.3 Å². The van der Waals surface area contributed by atoms with Crippen molar-refractivity contribution >= 4 is 0 Å². The Balaban J connectivity index is 0. The number of hydrogen-bond acceptors (Lipinski definition) is 0. The van der Waals surface area contributed by atoms with E-state index in [-0.39, 0.29) is 72.3 Å². The molecule has 0 spiro atoms. The van der Waals surface area contributed by atoms with Crippen LogP contribution in [0.4, 0.5) is 0 Å². The molecule has 1 radical (unpaired) electrons. The molecule has 0 unspecified atom stereocenters. The third-order valence-electron chi connectivity index (χ3n) is 0. The van der Waals surface area contributed by atoms with Crippen LogP contribution in [0.25, 0.3) is 0 Å². The normalized spacial score (nSPS) is 0. The van der Waals surface area contributed by atoms with Gasteiger partial charge in [0.15, 0.2) is 0 Å². The van der Waals surface area contributed by atoms with E-state index in [4.69, 9.17) is 0 Å². The topological polar surface area (TPSA) is 57.0 Å². The Labute approximate surface area is 71.7 Å². The summed E-state index contributed by atoms with van der Waals surface area (Å²) in [6.45, 7) is 0. The molecule has 0 N–H and O–H groups in total. The van der Waals surface area contributed by atoms with E-state index >= 15 is 0 Å². The van der Waals surface area contributed by atoms with Gasteiger partial charge in [-0.15, -0.1) is 0 Å². The second kappa shape index (κ2) is 39.1. The van der Waals surface area contributed by atoms with Crippen LogP contribution >= 0.6 is 0 Å². The Morgan fingerprint density at radius 1 is 0.800 bits per heavy atom. The third kappa shape index (κ3) is 24.8. The predicted molar refractivity (Wildman–Crippen MR) is 1.37 cm³/mol. The van der Waals surface area contributed by atoms with Crippen molar-refractivity contribution in [2.24, 2.45) is 0 Å².